The van der Waals surface area contributed by atoms with Crippen LogP contribution in [0.4, 0.5) is 13.2 Å². The van der Waals surface area contributed by atoms with E-state index in [2.05, 4.69) is 25.5 Å². The Morgan fingerprint density at radius 1 is 0.903 bits per heavy atom. The fraction of sp³-hybridized carbons (Fsp3) is 0.917. The second kappa shape index (κ2) is 9.30. The van der Waals surface area contributed by atoms with Crippen LogP contribution in [-0.4, -0.2) is 30.3 Å². The maximum Gasteiger partial charge on any atom is 0.422 e. The summed E-state index contributed by atoms with van der Waals surface area (Å²) in [7, 11) is 0. The molecule has 4 rings (SSSR count). The van der Waals surface area contributed by atoms with Crippen molar-refractivity contribution >= 4 is 11.9 Å². The van der Waals surface area contributed by atoms with Crippen LogP contribution in [0.1, 0.15) is 92.9 Å². The lowest BCUT2D eigenvalue weighted by atomic mass is 9.43. The smallest absolute Gasteiger partial charge is 0.422 e. The van der Waals surface area contributed by atoms with E-state index < -0.39 is 24.7 Å². The Kier molecular flexibility index (Phi) is 7.80. The van der Waals surface area contributed by atoms with E-state index in [9.17, 15) is 22.8 Å². The zero-order chi connectivity index (χ0) is 23.7. The molecule has 31 heavy (non-hydrogen) atoms. The van der Waals surface area contributed by atoms with Crippen molar-refractivity contribution in [3.63, 3.8) is 0 Å². The van der Waals surface area contributed by atoms with Crippen LogP contribution in [0.15, 0.2) is 0 Å². The molecule has 4 nitrogen and oxygen atoms in total. The Morgan fingerprint density at radius 3 is 1.81 bits per heavy atom. The van der Waals surface area contributed by atoms with E-state index in [4.69, 9.17) is 4.74 Å². The SMILES string of the molecule is CCC(C)C(=O)OC12CC3CC(C)(CC(C)(C3)C1)C2.CCC(C)C(=O)OCC(F)(F)F. The van der Waals surface area contributed by atoms with Crippen molar-refractivity contribution in [1.29, 1.82) is 0 Å². The highest BCUT2D eigenvalue weighted by molar-refractivity contribution is 5.72. The molecule has 0 aromatic carbocycles. The van der Waals surface area contributed by atoms with Crippen molar-refractivity contribution in [2.24, 2.45) is 28.6 Å². The molecule has 0 aliphatic heterocycles. The van der Waals surface area contributed by atoms with Crippen molar-refractivity contribution in [2.45, 2.75) is 105 Å². The number of ether oxygens (including phenoxy) is 2. The second-order valence-corrected chi connectivity index (χ2v) is 11.1. The van der Waals surface area contributed by atoms with Gasteiger partial charge in [-0.05, 0) is 68.1 Å². The molecule has 0 amide bonds. The van der Waals surface area contributed by atoms with Gasteiger partial charge in [-0.2, -0.15) is 13.2 Å². The molecule has 0 heterocycles. The Balaban J connectivity index is 0.000000248. The minimum Gasteiger partial charge on any atom is -0.459 e. The van der Waals surface area contributed by atoms with Gasteiger partial charge in [0.1, 0.15) is 5.60 Å². The van der Waals surface area contributed by atoms with E-state index in [1.165, 1.54) is 26.2 Å². The fourth-order valence-electron chi connectivity index (χ4n) is 6.40. The van der Waals surface area contributed by atoms with Crippen LogP contribution in [0.3, 0.4) is 0 Å². The molecule has 0 N–H and O–H groups in total. The number of rotatable bonds is 6. The summed E-state index contributed by atoms with van der Waals surface area (Å²) in [5, 5.41) is 0. The van der Waals surface area contributed by atoms with Gasteiger partial charge in [0.2, 0.25) is 0 Å². The highest BCUT2D eigenvalue weighted by atomic mass is 19.4. The molecule has 4 fully saturated rings. The normalized spacial score (nSPS) is 35.6. The van der Waals surface area contributed by atoms with Crippen molar-refractivity contribution < 1.29 is 32.2 Å². The van der Waals surface area contributed by atoms with Gasteiger partial charge in [0.05, 0.1) is 11.8 Å². The van der Waals surface area contributed by atoms with E-state index in [-0.39, 0.29) is 17.5 Å². The zero-order valence-electron chi connectivity index (χ0n) is 19.9. The topological polar surface area (TPSA) is 52.6 Å². The third-order valence-electron chi connectivity index (χ3n) is 7.30. The van der Waals surface area contributed by atoms with Gasteiger partial charge in [-0.25, -0.2) is 0 Å². The van der Waals surface area contributed by atoms with Gasteiger partial charge < -0.3 is 9.47 Å². The largest absolute Gasteiger partial charge is 0.459 e. The first-order valence-corrected chi connectivity index (χ1v) is 11.6. The summed E-state index contributed by atoms with van der Waals surface area (Å²) in [4.78, 5) is 22.9. The van der Waals surface area contributed by atoms with E-state index in [0.29, 0.717) is 17.3 Å². The number of halogens is 3. The maximum atomic E-state index is 12.2. The molecular formula is C24H39F3O4. The van der Waals surface area contributed by atoms with Crippen LogP contribution < -0.4 is 0 Å². The van der Waals surface area contributed by atoms with Gasteiger partial charge in [-0.15, -0.1) is 0 Å². The lowest BCUT2D eigenvalue weighted by Crippen LogP contribution is -2.60. The van der Waals surface area contributed by atoms with E-state index in [1.54, 1.807) is 6.92 Å². The third kappa shape index (κ3) is 6.85. The summed E-state index contributed by atoms with van der Waals surface area (Å²) in [6.07, 6.45) is 4.31. The first kappa shape index (κ1) is 26.0. The van der Waals surface area contributed by atoms with Crippen LogP contribution in [0.25, 0.3) is 0 Å². The van der Waals surface area contributed by atoms with Crippen LogP contribution in [0.2, 0.25) is 0 Å². The highest BCUT2D eigenvalue weighted by Gasteiger charge is 2.61. The molecule has 4 aliphatic carbocycles. The van der Waals surface area contributed by atoms with Gasteiger partial charge in [0.25, 0.3) is 0 Å². The molecule has 0 aromatic heterocycles. The van der Waals surface area contributed by atoms with Gasteiger partial charge in [-0.3, -0.25) is 9.59 Å². The molecule has 4 unspecified atom stereocenters. The van der Waals surface area contributed by atoms with Crippen LogP contribution in [0.5, 0.6) is 0 Å². The molecule has 4 saturated carbocycles. The van der Waals surface area contributed by atoms with Gasteiger partial charge in [0.15, 0.2) is 6.61 Å². The summed E-state index contributed by atoms with van der Waals surface area (Å²) >= 11 is 0. The number of carbonyl (C=O) groups excluding carboxylic acids is 2. The molecule has 4 atom stereocenters. The molecule has 4 aliphatic rings. The summed E-state index contributed by atoms with van der Waals surface area (Å²) in [5.74, 6) is -0.386. The Bertz CT molecular complexity index is 642. The van der Waals surface area contributed by atoms with Crippen molar-refractivity contribution in [3.8, 4) is 0 Å². The minimum atomic E-state index is -4.43. The number of hydrogen-bond acceptors (Lipinski definition) is 4. The minimum absolute atomic E-state index is 0.0386. The molecule has 180 valence electrons. The fourth-order valence-corrected chi connectivity index (χ4v) is 6.40. The summed E-state index contributed by atoms with van der Waals surface area (Å²) < 4.78 is 44.6. The predicted octanol–water partition coefficient (Wildman–Crippen LogP) is 6.46. The van der Waals surface area contributed by atoms with Crippen molar-refractivity contribution in [1.82, 2.24) is 0 Å². The molecule has 0 aromatic rings. The van der Waals surface area contributed by atoms with Crippen LogP contribution in [0, 0.1) is 28.6 Å². The molecule has 0 radical (unpaired) electrons. The first-order valence-electron chi connectivity index (χ1n) is 11.6. The van der Waals surface area contributed by atoms with Crippen LogP contribution >= 0.6 is 0 Å². The Morgan fingerprint density at radius 2 is 1.39 bits per heavy atom. The predicted molar refractivity (Wildman–Crippen MR) is 112 cm³/mol. The number of esters is 2. The molecule has 0 spiro atoms. The quantitative estimate of drug-likeness (QED) is 0.438. The zero-order valence-corrected chi connectivity index (χ0v) is 19.9. The molecule has 7 heteroatoms. The summed E-state index contributed by atoms with van der Waals surface area (Å²) in [6.45, 7) is 10.6. The standard InChI is InChI=1S/C17H28O2.C7H11F3O2/c1-5-12(2)14(18)19-17-8-13-6-15(3,10-17)9-16(4,7-13)11-17;1-3-5(2)6(11)12-4-7(8,9)10/h12-13H,5-11H2,1-4H3;5H,3-4H2,1-2H3. The summed E-state index contributed by atoms with van der Waals surface area (Å²) in [5.41, 5.74) is 0.719. The second-order valence-electron chi connectivity index (χ2n) is 11.1. The van der Waals surface area contributed by atoms with Gasteiger partial charge in [0, 0.05) is 0 Å². The maximum absolute atomic E-state index is 12.2. The molecule has 0 saturated heterocycles. The molecule has 4 bridgehead atoms. The lowest BCUT2D eigenvalue weighted by Gasteiger charge is -2.64. The lowest BCUT2D eigenvalue weighted by molar-refractivity contribution is -0.218. The average Bonchev–Trinajstić information content (AvgIpc) is 2.61. The van der Waals surface area contributed by atoms with E-state index in [0.717, 1.165) is 31.6 Å². The van der Waals surface area contributed by atoms with E-state index in [1.807, 2.05) is 6.92 Å². The third-order valence-corrected chi connectivity index (χ3v) is 7.30. The monoisotopic (exact) mass is 448 g/mol. The van der Waals surface area contributed by atoms with Gasteiger partial charge in [-0.1, -0.05) is 41.5 Å². The number of carbonyl (C=O) groups is 2. The first-order chi connectivity index (χ1) is 14.1. The Labute approximate surface area is 184 Å². The van der Waals surface area contributed by atoms with E-state index >= 15 is 0 Å². The Hall–Kier alpha value is -1.27. The van der Waals surface area contributed by atoms with Gasteiger partial charge >= 0.3 is 18.1 Å². The van der Waals surface area contributed by atoms with Crippen molar-refractivity contribution in [3.05, 3.63) is 0 Å². The molecular weight excluding hydrogens is 409 g/mol. The van der Waals surface area contributed by atoms with Crippen LogP contribution in [-0.2, 0) is 19.1 Å². The summed E-state index contributed by atoms with van der Waals surface area (Å²) in [6, 6.07) is 0. The average molecular weight is 449 g/mol. The van der Waals surface area contributed by atoms with Crippen molar-refractivity contribution in [2.75, 3.05) is 6.61 Å². The highest BCUT2D eigenvalue weighted by Crippen LogP contribution is 2.67. The number of hydrogen-bond donors (Lipinski definition) is 0. The number of alkyl halides is 3.